The zero-order valence-electron chi connectivity index (χ0n) is 15.7. The van der Waals surface area contributed by atoms with Crippen LogP contribution in [0.5, 0.6) is 0 Å². The van der Waals surface area contributed by atoms with Crippen LogP contribution in [-0.4, -0.2) is 54.7 Å². The number of likely N-dealkylation sites (N-methyl/N-ethyl adjacent to an activating group) is 1. The second-order valence-electron chi connectivity index (χ2n) is 7.00. The van der Waals surface area contributed by atoms with E-state index in [9.17, 15) is 4.79 Å². The number of carbonyl (C=O) groups excluding carboxylic acids is 1. The zero-order chi connectivity index (χ0) is 18.1. The molecule has 0 saturated carbocycles. The van der Waals surface area contributed by atoms with Crippen LogP contribution in [0.15, 0.2) is 18.2 Å². The van der Waals surface area contributed by atoms with Gasteiger partial charge in [-0.15, -0.1) is 0 Å². The van der Waals surface area contributed by atoms with Gasteiger partial charge in [-0.05, 0) is 45.0 Å². The number of ether oxygens (including phenoxy) is 1. The molecule has 1 aromatic heterocycles. The average molecular weight is 341 g/mol. The monoisotopic (exact) mass is 341 g/mol. The van der Waals surface area contributed by atoms with Crippen LogP contribution >= 0.6 is 0 Å². The van der Waals surface area contributed by atoms with Gasteiger partial charge in [-0.1, -0.05) is 18.6 Å². The lowest BCUT2D eigenvalue weighted by molar-refractivity contribution is 0.0763. The SMILES string of the molecule is CCN1C[C@@H](NC(=O)c2cc(C)nc3c(C)cc(C)cc23)[C@H](OC)C1. The molecule has 1 amide bonds. The molecule has 0 radical (unpaired) electrons. The summed E-state index contributed by atoms with van der Waals surface area (Å²) in [6.07, 6.45) is 0.0292. The first-order chi connectivity index (χ1) is 11.9. The molecule has 0 spiro atoms. The van der Waals surface area contributed by atoms with Crippen molar-refractivity contribution in [2.75, 3.05) is 26.7 Å². The van der Waals surface area contributed by atoms with E-state index in [1.54, 1.807) is 7.11 Å². The molecule has 2 atom stereocenters. The van der Waals surface area contributed by atoms with Gasteiger partial charge in [0.05, 0.1) is 23.2 Å². The number of aromatic nitrogens is 1. The van der Waals surface area contributed by atoms with Crippen LogP contribution < -0.4 is 5.32 Å². The summed E-state index contributed by atoms with van der Waals surface area (Å²) in [5.41, 5.74) is 4.69. The van der Waals surface area contributed by atoms with Gasteiger partial charge in [0.2, 0.25) is 0 Å². The first-order valence-corrected chi connectivity index (χ1v) is 8.87. The third-order valence-electron chi connectivity index (χ3n) is 5.03. The molecule has 1 aromatic carbocycles. The van der Waals surface area contributed by atoms with E-state index in [4.69, 9.17) is 4.74 Å². The van der Waals surface area contributed by atoms with Gasteiger partial charge in [-0.3, -0.25) is 14.7 Å². The zero-order valence-corrected chi connectivity index (χ0v) is 15.7. The van der Waals surface area contributed by atoms with Crippen LogP contribution in [0.3, 0.4) is 0 Å². The van der Waals surface area contributed by atoms with Crippen molar-refractivity contribution in [3.8, 4) is 0 Å². The number of amides is 1. The van der Waals surface area contributed by atoms with Crippen molar-refractivity contribution in [2.45, 2.75) is 39.8 Å². The third-order valence-corrected chi connectivity index (χ3v) is 5.03. The molecule has 0 aliphatic carbocycles. The lowest BCUT2D eigenvalue weighted by atomic mass is 10.0. The quantitative estimate of drug-likeness (QED) is 0.929. The Kier molecular flexibility index (Phi) is 5.06. The number of carbonyl (C=O) groups is 1. The molecule has 0 unspecified atom stereocenters. The van der Waals surface area contributed by atoms with Gasteiger partial charge in [0.15, 0.2) is 0 Å². The molecule has 1 aliphatic heterocycles. The van der Waals surface area contributed by atoms with Crippen molar-refractivity contribution in [3.63, 3.8) is 0 Å². The molecule has 2 aromatic rings. The van der Waals surface area contributed by atoms with Gasteiger partial charge < -0.3 is 10.1 Å². The third kappa shape index (κ3) is 3.53. The maximum atomic E-state index is 13.0. The fraction of sp³-hybridized carbons (Fsp3) is 0.500. The standard InChI is InChI=1S/C20H27N3O2/c1-6-23-10-17(18(11-23)25-5)22-20(24)16-9-14(4)21-19-13(3)7-12(2)8-15(16)19/h7-9,17-18H,6,10-11H2,1-5H3,(H,22,24)/t17-,18-/m1/s1. The van der Waals surface area contributed by atoms with Crippen molar-refractivity contribution < 1.29 is 9.53 Å². The Bertz CT molecular complexity index is 803. The highest BCUT2D eigenvalue weighted by atomic mass is 16.5. The summed E-state index contributed by atoms with van der Waals surface area (Å²) in [7, 11) is 1.71. The van der Waals surface area contributed by atoms with E-state index in [2.05, 4.69) is 28.2 Å². The summed E-state index contributed by atoms with van der Waals surface area (Å²) in [6, 6.07) is 6.04. The van der Waals surface area contributed by atoms with Gasteiger partial charge in [-0.2, -0.15) is 0 Å². The highest BCUT2D eigenvalue weighted by Gasteiger charge is 2.33. The Labute approximate surface area is 149 Å². The van der Waals surface area contributed by atoms with E-state index in [1.807, 2.05) is 32.9 Å². The van der Waals surface area contributed by atoms with Crippen LogP contribution in [0.25, 0.3) is 10.9 Å². The Hall–Kier alpha value is -1.98. The van der Waals surface area contributed by atoms with Gasteiger partial charge in [0, 0.05) is 31.3 Å². The Morgan fingerprint density at radius 2 is 2.04 bits per heavy atom. The lowest BCUT2D eigenvalue weighted by Crippen LogP contribution is -2.43. The number of hydrogen-bond acceptors (Lipinski definition) is 4. The summed E-state index contributed by atoms with van der Waals surface area (Å²) < 4.78 is 5.57. The second-order valence-corrected chi connectivity index (χ2v) is 7.00. The number of pyridine rings is 1. The highest BCUT2D eigenvalue weighted by Crippen LogP contribution is 2.24. The fourth-order valence-electron chi connectivity index (χ4n) is 3.73. The second kappa shape index (κ2) is 7.10. The molecule has 2 heterocycles. The average Bonchev–Trinajstić information content (AvgIpc) is 2.97. The molecule has 134 valence electrons. The van der Waals surface area contributed by atoms with E-state index >= 15 is 0 Å². The molecule has 1 saturated heterocycles. The molecule has 1 N–H and O–H groups in total. The number of benzene rings is 1. The number of fused-ring (bicyclic) bond motifs is 1. The maximum absolute atomic E-state index is 13.0. The minimum atomic E-state index is -0.0505. The Balaban J connectivity index is 1.95. The highest BCUT2D eigenvalue weighted by molar-refractivity contribution is 6.07. The first kappa shape index (κ1) is 17.8. The Morgan fingerprint density at radius 1 is 1.28 bits per heavy atom. The predicted molar refractivity (Wildman–Crippen MR) is 100 cm³/mol. The summed E-state index contributed by atoms with van der Waals surface area (Å²) in [5, 5.41) is 4.10. The first-order valence-electron chi connectivity index (χ1n) is 8.87. The smallest absolute Gasteiger partial charge is 0.252 e. The summed E-state index contributed by atoms with van der Waals surface area (Å²) in [6.45, 7) is 10.8. The van der Waals surface area contributed by atoms with Crippen LogP contribution in [-0.2, 0) is 4.74 Å². The predicted octanol–water partition coefficient (Wildman–Crippen LogP) is 2.61. The van der Waals surface area contributed by atoms with Crippen molar-refractivity contribution in [2.24, 2.45) is 0 Å². The van der Waals surface area contributed by atoms with E-state index in [0.717, 1.165) is 47.4 Å². The van der Waals surface area contributed by atoms with Gasteiger partial charge in [0.25, 0.3) is 5.91 Å². The van der Waals surface area contributed by atoms with Gasteiger partial charge >= 0.3 is 0 Å². The van der Waals surface area contributed by atoms with E-state index in [-0.39, 0.29) is 18.1 Å². The van der Waals surface area contributed by atoms with Gasteiger partial charge in [0.1, 0.15) is 0 Å². The number of nitrogens with one attached hydrogen (secondary N) is 1. The lowest BCUT2D eigenvalue weighted by Gasteiger charge is -2.19. The largest absolute Gasteiger partial charge is 0.378 e. The topological polar surface area (TPSA) is 54.5 Å². The molecule has 5 nitrogen and oxygen atoms in total. The molecule has 3 rings (SSSR count). The molecule has 5 heteroatoms. The van der Waals surface area contributed by atoms with Crippen LogP contribution in [0.2, 0.25) is 0 Å². The summed E-state index contributed by atoms with van der Waals surface area (Å²) >= 11 is 0. The molecule has 25 heavy (non-hydrogen) atoms. The molecular formula is C20H27N3O2. The summed E-state index contributed by atoms with van der Waals surface area (Å²) in [4.78, 5) is 20.0. The number of hydrogen-bond donors (Lipinski definition) is 1. The van der Waals surface area contributed by atoms with Crippen molar-refractivity contribution in [1.29, 1.82) is 0 Å². The molecule has 1 aliphatic rings. The van der Waals surface area contributed by atoms with Crippen molar-refractivity contribution >= 4 is 16.8 Å². The van der Waals surface area contributed by atoms with E-state index in [0.29, 0.717) is 5.56 Å². The summed E-state index contributed by atoms with van der Waals surface area (Å²) in [5.74, 6) is -0.0505. The van der Waals surface area contributed by atoms with E-state index in [1.165, 1.54) is 0 Å². The molecule has 0 bridgehead atoms. The van der Waals surface area contributed by atoms with Gasteiger partial charge in [-0.25, -0.2) is 0 Å². The maximum Gasteiger partial charge on any atom is 0.252 e. The van der Waals surface area contributed by atoms with Crippen molar-refractivity contribution in [1.82, 2.24) is 15.2 Å². The number of nitrogens with zero attached hydrogens (tertiary/aromatic N) is 2. The van der Waals surface area contributed by atoms with Crippen LogP contribution in [0, 0.1) is 20.8 Å². The van der Waals surface area contributed by atoms with Crippen LogP contribution in [0.1, 0.15) is 34.1 Å². The fourth-order valence-corrected chi connectivity index (χ4v) is 3.73. The van der Waals surface area contributed by atoms with Crippen LogP contribution in [0.4, 0.5) is 0 Å². The normalized spacial score (nSPS) is 21.0. The molecular weight excluding hydrogens is 314 g/mol. The van der Waals surface area contributed by atoms with E-state index < -0.39 is 0 Å². The van der Waals surface area contributed by atoms with Crippen molar-refractivity contribution in [3.05, 3.63) is 40.6 Å². The minimum absolute atomic E-state index is 0.00637. The Morgan fingerprint density at radius 3 is 2.72 bits per heavy atom. The number of rotatable bonds is 4. The molecule has 1 fully saturated rings. The number of methoxy groups -OCH3 is 1. The minimum Gasteiger partial charge on any atom is -0.378 e. The number of aryl methyl sites for hydroxylation is 3. The number of likely N-dealkylation sites (tertiary alicyclic amines) is 1.